The van der Waals surface area contributed by atoms with E-state index in [1.807, 2.05) is 0 Å². The number of halogens is 2. The van der Waals surface area contributed by atoms with Gasteiger partial charge in [-0.25, -0.2) is 14.2 Å². The van der Waals surface area contributed by atoms with Gasteiger partial charge in [-0.05, 0) is 31.6 Å². The third kappa shape index (κ3) is 4.00. The highest BCUT2D eigenvalue weighted by Gasteiger charge is 2.37. The van der Waals surface area contributed by atoms with Gasteiger partial charge in [-0.15, -0.1) is 0 Å². The number of nitrogens with zero attached hydrogens (tertiary/aromatic N) is 1. The smallest absolute Gasteiger partial charge is 0.241 e. The van der Waals surface area contributed by atoms with Crippen molar-refractivity contribution in [1.29, 1.82) is 0 Å². The van der Waals surface area contributed by atoms with E-state index in [0.717, 1.165) is 25.7 Å². The Hall–Kier alpha value is -1.24. The van der Waals surface area contributed by atoms with Crippen LogP contribution in [0.3, 0.4) is 0 Å². The minimum absolute atomic E-state index is 0.0763. The average Bonchev–Trinajstić information content (AvgIpc) is 2.51. The largest absolute Gasteiger partial charge is 0.349 e. The maximum atomic E-state index is 13.8. The van der Waals surface area contributed by atoms with Gasteiger partial charge >= 0.3 is 0 Å². The van der Waals surface area contributed by atoms with Crippen molar-refractivity contribution in [2.24, 2.45) is 5.92 Å². The van der Waals surface area contributed by atoms with Crippen molar-refractivity contribution in [2.45, 2.75) is 75.8 Å². The second kappa shape index (κ2) is 7.11. The van der Waals surface area contributed by atoms with Crippen LogP contribution in [0.15, 0.2) is 0 Å². The molecule has 130 valence electrons. The lowest BCUT2D eigenvalue weighted by Crippen LogP contribution is -2.60. The molecule has 7 heteroatoms. The predicted octanol–water partition coefficient (Wildman–Crippen LogP) is 1.63. The summed E-state index contributed by atoms with van der Waals surface area (Å²) < 4.78 is 26.9. The van der Waals surface area contributed by atoms with Crippen LogP contribution < -0.4 is 10.7 Å². The van der Waals surface area contributed by atoms with Gasteiger partial charge < -0.3 is 5.32 Å². The molecule has 3 fully saturated rings. The summed E-state index contributed by atoms with van der Waals surface area (Å²) >= 11 is 0. The summed E-state index contributed by atoms with van der Waals surface area (Å²) in [6.07, 6.45) is 2.80. The van der Waals surface area contributed by atoms with Crippen molar-refractivity contribution in [3.05, 3.63) is 0 Å². The second-order valence-corrected chi connectivity index (χ2v) is 7.06. The molecule has 3 aliphatic rings. The SMILES string of the molecule is O=C(CN1NC2CCCCC2CC1=O)NC1CCC(F)CC1F. The number of alkyl halides is 2. The van der Waals surface area contributed by atoms with Gasteiger partial charge in [0, 0.05) is 18.9 Å². The number of rotatable bonds is 3. The number of carbonyl (C=O) groups excluding carboxylic acids is 2. The zero-order valence-corrected chi connectivity index (χ0v) is 13.3. The molecule has 5 atom stereocenters. The lowest BCUT2D eigenvalue weighted by atomic mass is 9.81. The average molecular weight is 329 g/mol. The number of hydrazine groups is 1. The molecular weight excluding hydrogens is 304 g/mol. The van der Waals surface area contributed by atoms with Gasteiger partial charge in [0.25, 0.3) is 0 Å². The minimum Gasteiger partial charge on any atom is -0.349 e. The van der Waals surface area contributed by atoms with Crippen LogP contribution >= 0.6 is 0 Å². The number of fused-ring (bicyclic) bond motifs is 1. The van der Waals surface area contributed by atoms with Gasteiger partial charge in [0.1, 0.15) is 18.9 Å². The summed E-state index contributed by atoms with van der Waals surface area (Å²) in [5.74, 6) is -0.0942. The number of hydrogen-bond donors (Lipinski definition) is 2. The number of carbonyl (C=O) groups is 2. The first-order valence-electron chi connectivity index (χ1n) is 8.67. The summed E-state index contributed by atoms with van der Waals surface area (Å²) in [4.78, 5) is 24.3. The molecule has 2 aliphatic carbocycles. The molecule has 2 N–H and O–H groups in total. The Labute approximate surface area is 135 Å². The molecule has 23 heavy (non-hydrogen) atoms. The summed E-state index contributed by atoms with van der Waals surface area (Å²) in [6.45, 7) is -0.107. The molecule has 1 saturated heterocycles. The van der Waals surface area contributed by atoms with Gasteiger partial charge in [-0.1, -0.05) is 12.8 Å². The van der Waals surface area contributed by atoms with E-state index < -0.39 is 18.4 Å². The fourth-order valence-corrected chi connectivity index (χ4v) is 3.99. The van der Waals surface area contributed by atoms with Crippen molar-refractivity contribution in [2.75, 3.05) is 6.54 Å². The van der Waals surface area contributed by atoms with Crippen molar-refractivity contribution in [1.82, 2.24) is 15.8 Å². The van der Waals surface area contributed by atoms with Crippen LogP contribution in [0.1, 0.15) is 51.4 Å². The topological polar surface area (TPSA) is 61.4 Å². The van der Waals surface area contributed by atoms with E-state index in [1.165, 1.54) is 5.01 Å². The predicted molar refractivity (Wildman–Crippen MR) is 80.8 cm³/mol. The standard InChI is InChI=1S/C16H25F2N3O2/c17-11-5-6-14(12(18)8-11)19-15(22)9-21-16(23)7-10-3-1-2-4-13(10)20-21/h10-14,20H,1-9H2,(H,19,22). The summed E-state index contributed by atoms with van der Waals surface area (Å²) in [7, 11) is 0. The molecule has 5 nitrogen and oxygen atoms in total. The molecule has 1 heterocycles. The quantitative estimate of drug-likeness (QED) is 0.827. The van der Waals surface area contributed by atoms with E-state index in [0.29, 0.717) is 18.8 Å². The molecule has 5 unspecified atom stereocenters. The summed E-state index contributed by atoms with van der Waals surface area (Å²) in [6, 6.07) is -0.387. The van der Waals surface area contributed by atoms with Crippen LogP contribution in [-0.4, -0.2) is 47.8 Å². The molecule has 3 rings (SSSR count). The Morgan fingerprint density at radius 2 is 2.00 bits per heavy atom. The minimum atomic E-state index is -1.35. The van der Waals surface area contributed by atoms with Gasteiger partial charge in [-0.2, -0.15) is 0 Å². The van der Waals surface area contributed by atoms with E-state index >= 15 is 0 Å². The van der Waals surface area contributed by atoms with Gasteiger partial charge in [0.05, 0.1) is 6.04 Å². The third-order valence-electron chi connectivity index (χ3n) is 5.33. The molecule has 0 bridgehead atoms. The monoisotopic (exact) mass is 329 g/mol. The van der Waals surface area contributed by atoms with E-state index in [-0.39, 0.29) is 37.2 Å². The lowest BCUT2D eigenvalue weighted by Gasteiger charge is -2.41. The summed E-state index contributed by atoms with van der Waals surface area (Å²) in [5.41, 5.74) is 3.16. The highest BCUT2D eigenvalue weighted by atomic mass is 19.1. The van der Waals surface area contributed by atoms with Crippen molar-refractivity contribution in [3.63, 3.8) is 0 Å². The Kier molecular flexibility index (Phi) is 5.14. The fraction of sp³-hybridized carbons (Fsp3) is 0.875. The number of hydrogen-bond acceptors (Lipinski definition) is 3. The summed E-state index contributed by atoms with van der Waals surface area (Å²) in [5, 5.41) is 3.99. The Morgan fingerprint density at radius 3 is 2.78 bits per heavy atom. The zero-order valence-electron chi connectivity index (χ0n) is 13.3. The molecule has 0 radical (unpaired) electrons. The highest BCUT2D eigenvalue weighted by molar-refractivity contribution is 5.85. The maximum absolute atomic E-state index is 13.8. The zero-order chi connectivity index (χ0) is 16.4. The van der Waals surface area contributed by atoms with Gasteiger partial charge in [0.2, 0.25) is 11.8 Å². The van der Waals surface area contributed by atoms with Crippen LogP contribution in [0.2, 0.25) is 0 Å². The van der Waals surface area contributed by atoms with E-state index in [4.69, 9.17) is 0 Å². The molecule has 1 aliphatic heterocycles. The molecule has 0 aromatic heterocycles. The van der Waals surface area contributed by atoms with Crippen molar-refractivity contribution < 1.29 is 18.4 Å². The normalized spacial score (nSPS) is 38.1. The van der Waals surface area contributed by atoms with E-state index in [2.05, 4.69) is 10.7 Å². The van der Waals surface area contributed by atoms with Crippen molar-refractivity contribution in [3.8, 4) is 0 Å². The van der Waals surface area contributed by atoms with Crippen LogP contribution in [0.5, 0.6) is 0 Å². The first-order valence-corrected chi connectivity index (χ1v) is 8.67. The number of nitrogens with one attached hydrogen (secondary N) is 2. The van der Waals surface area contributed by atoms with Crippen LogP contribution in [0.25, 0.3) is 0 Å². The first-order chi connectivity index (χ1) is 11.0. The Morgan fingerprint density at radius 1 is 1.22 bits per heavy atom. The van der Waals surface area contributed by atoms with Crippen LogP contribution in [0, 0.1) is 5.92 Å². The van der Waals surface area contributed by atoms with E-state index in [1.54, 1.807) is 0 Å². The van der Waals surface area contributed by atoms with Gasteiger partial charge in [-0.3, -0.25) is 14.6 Å². The molecular formula is C16H25F2N3O2. The molecule has 0 aromatic carbocycles. The lowest BCUT2D eigenvalue weighted by molar-refractivity contribution is -0.146. The second-order valence-electron chi connectivity index (χ2n) is 7.06. The fourth-order valence-electron chi connectivity index (χ4n) is 3.99. The molecule has 0 aromatic rings. The Bertz CT molecular complexity index is 463. The van der Waals surface area contributed by atoms with Crippen molar-refractivity contribution >= 4 is 11.8 Å². The molecule has 2 saturated carbocycles. The third-order valence-corrected chi connectivity index (χ3v) is 5.33. The van der Waals surface area contributed by atoms with E-state index in [9.17, 15) is 18.4 Å². The van der Waals surface area contributed by atoms with Crippen LogP contribution in [-0.2, 0) is 9.59 Å². The highest BCUT2D eigenvalue weighted by Crippen LogP contribution is 2.30. The molecule has 2 amide bonds. The van der Waals surface area contributed by atoms with Crippen LogP contribution in [0.4, 0.5) is 8.78 Å². The Balaban J connectivity index is 1.50. The van der Waals surface area contributed by atoms with Gasteiger partial charge in [0.15, 0.2) is 0 Å². The molecule has 0 spiro atoms. The maximum Gasteiger partial charge on any atom is 0.241 e. The number of amides is 2. The first kappa shape index (κ1) is 16.6.